The van der Waals surface area contributed by atoms with Crippen molar-refractivity contribution < 1.29 is 4.79 Å². The van der Waals surface area contributed by atoms with Crippen molar-refractivity contribution in [2.75, 3.05) is 0 Å². The Hall–Kier alpha value is -0.850. The molecule has 0 aliphatic heterocycles. The molecule has 0 unspecified atom stereocenters. The van der Waals surface area contributed by atoms with Crippen molar-refractivity contribution in [2.45, 2.75) is 12.8 Å². The van der Waals surface area contributed by atoms with Crippen LogP contribution in [0.1, 0.15) is 12.8 Å². The van der Waals surface area contributed by atoms with Crippen molar-refractivity contribution in [3.05, 3.63) is 24.3 Å². The Morgan fingerprint density at radius 3 is 3.00 bits per heavy atom. The number of aldehydes is 1. The Kier molecular flexibility index (Phi) is 2.25. The first kappa shape index (κ1) is 6.27. The van der Waals surface area contributed by atoms with Gasteiger partial charge in [0.1, 0.15) is 6.29 Å². The fraction of sp³-hybridized carbons (Fsp3) is 0.375. The molecule has 9 heavy (non-hydrogen) atoms. The molecule has 1 rings (SSSR count). The van der Waals surface area contributed by atoms with Crippen molar-refractivity contribution in [3.63, 3.8) is 0 Å². The fourth-order valence-corrected chi connectivity index (χ4v) is 0.861. The van der Waals surface area contributed by atoms with Crippen LogP contribution < -0.4 is 0 Å². The topological polar surface area (TPSA) is 17.1 Å². The van der Waals surface area contributed by atoms with Crippen LogP contribution in [0.3, 0.4) is 0 Å². The molecule has 1 atom stereocenters. The summed E-state index contributed by atoms with van der Waals surface area (Å²) in [4.78, 5) is 10.2. The maximum atomic E-state index is 10.2. The summed E-state index contributed by atoms with van der Waals surface area (Å²) in [7, 11) is 0. The molecule has 0 saturated carbocycles. The molecule has 1 nitrogen and oxygen atoms in total. The van der Waals surface area contributed by atoms with Crippen LogP contribution in [0.25, 0.3) is 0 Å². The van der Waals surface area contributed by atoms with E-state index in [1.165, 1.54) is 0 Å². The maximum Gasteiger partial charge on any atom is 0.127 e. The van der Waals surface area contributed by atoms with Gasteiger partial charge in [0.15, 0.2) is 0 Å². The second-order valence-electron chi connectivity index (χ2n) is 2.17. The molecular formula is C8H10O. The Morgan fingerprint density at radius 2 is 2.22 bits per heavy atom. The van der Waals surface area contributed by atoms with Gasteiger partial charge >= 0.3 is 0 Å². The number of rotatable bonds is 1. The van der Waals surface area contributed by atoms with E-state index in [2.05, 4.69) is 12.2 Å². The molecule has 0 spiro atoms. The second kappa shape index (κ2) is 3.23. The predicted molar refractivity (Wildman–Crippen MR) is 37.1 cm³/mol. The lowest BCUT2D eigenvalue weighted by atomic mass is 10.1. The first-order valence-corrected chi connectivity index (χ1v) is 3.20. The van der Waals surface area contributed by atoms with Crippen molar-refractivity contribution in [2.24, 2.45) is 5.92 Å². The van der Waals surface area contributed by atoms with Gasteiger partial charge in [0.25, 0.3) is 0 Å². The van der Waals surface area contributed by atoms with E-state index in [0.29, 0.717) is 0 Å². The molecule has 0 aromatic rings. The molecule has 48 valence electrons. The number of allylic oxidation sites excluding steroid dienone is 4. The standard InChI is InChI=1S/C8H10O/c9-7-8-5-3-1-2-4-6-8/h1,3-4,6-8H,2,5H2/t8-/m0/s1. The maximum absolute atomic E-state index is 10.2. The van der Waals surface area contributed by atoms with Gasteiger partial charge in [-0.1, -0.05) is 24.3 Å². The van der Waals surface area contributed by atoms with Crippen LogP contribution >= 0.6 is 0 Å². The average molecular weight is 122 g/mol. The summed E-state index contributed by atoms with van der Waals surface area (Å²) >= 11 is 0. The van der Waals surface area contributed by atoms with Crippen LogP contribution in [0, 0.1) is 5.92 Å². The van der Waals surface area contributed by atoms with Gasteiger partial charge in [-0.3, -0.25) is 0 Å². The molecule has 0 N–H and O–H groups in total. The molecule has 0 fully saturated rings. The molecule has 0 aromatic carbocycles. The molecule has 1 aliphatic carbocycles. The monoisotopic (exact) mass is 122 g/mol. The quantitative estimate of drug-likeness (QED) is 0.382. The summed E-state index contributed by atoms with van der Waals surface area (Å²) in [5, 5.41) is 0. The molecule has 0 aromatic heterocycles. The minimum Gasteiger partial charge on any atom is -0.303 e. The first-order chi connectivity index (χ1) is 4.43. The van der Waals surface area contributed by atoms with Crippen LogP contribution in [-0.4, -0.2) is 6.29 Å². The summed E-state index contributed by atoms with van der Waals surface area (Å²) in [5.41, 5.74) is 0. The summed E-state index contributed by atoms with van der Waals surface area (Å²) in [6.07, 6.45) is 11.0. The number of carbonyl (C=O) groups is 1. The lowest BCUT2D eigenvalue weighted by Gasteiger charge is -1.94. The number of hydrogen-bond donors (Lipinski definition) is 0. The van der Waals surface area contributed by atoms with Gasteiger partial charge in [-0.2, -0.15) is 0 Å². The highest BCUT2D eigenvalue weighted by molar-refractivity contribution is 5.57. The molecule has 0 saturated heterocycles. The van der Waals surface area contributed by atoms with Gasteiger partial charge in [0.05, 0.1) is 0 Å². The normalized spacial score (nSPS) is 25.6. The molecule has 1 heteroatoms. The van der Waals surface area contributed by atoms with Gasteiger partial charge < -0.3 is 4.79 Å². The molecule has 0 heterocycles. The van der Waals surface area contributed by atoms with Crippen LogP contribution in [0.15, 0.2) is 24.3 Å². The Balaban J connectivity index is 2.54. The van der Waals surface area contributed by atoms with E-state index in [-0.39, 0.29) is 5.92 Å². The molecule has 1 aliphatic rings. The third-order valence-corrected chi connectivity index (χ3v) is 1.41. The van der Waals surface area contributed by atoms with Gasteiger partial charge in [0.2, 0.25) is 0 Å². The van der Waals surface area contributed by atoms with E-state index in [1.807, 2.05) is 12.2 Å². The summed E-state index contributed by atoms with van der Waals surface area (Å²) in [6, 6.07) is 0. The Morgan fingerprint density at radius 1 is 1.33 bits per heavy atom. The van der Waals surface area contributed by atoms with Gasteiger partial charge in [-0.15, -0.1) is 0 Å². The lowest BCUT2D eigenvalue weighted by Crippen LogP contribution is -1.93. The SMILES string of the molecule is O=C[C@@H]1C=CCC=CC1. The van der Waals surface area contributed by atoms with Crippen molar-refractivity contribution in [3.8, 4) is 0 Å². The van der Waals surface area contributed by atoms with E-state index in [9.17, 15) is 4.79 Å². The van der Waals surface area contributed by atoms with E-state index < -0.39 is 0 Å². The van der Waals surface area contributed by atoms with Gasteiger partial charge in [-0.05, 0) is 12.8 Å². The highest BCUT2D eigenvalue weighted by Crippen LogP contribution is 2.07. The van der Waals surface area contributed by atoms with Crippen molar-refractivity contribution >= 4 is 6.29 Å². The lowest BCUT2D eigenvalue weighted by molar-refractivity contribution is -0.109. The second-order valence-corrected chi connectivity index (χ2v) is 2.17. The molecule has 0 radical (unpaired) electrons. The highest BCUT2D eigenvalue weighted by Gasteiger charge is 1.99. The van der Waals surface area contributed by atoms with Gasteiger partial charge in [0, 0.05) is 5.92 Å². The third-order valence-electron chi connectivity index (χ3n) is 1.41. The van der Waals surface area contributed by atoms with E-state index in [1.54, 1.807) is 0 Å². The zero-order valence-electron chi connectivity index (χ0n) is 5.29. The van der Waals surface area contributed by atoms with Gasteiger partial charge in [-0.25, -0.2) is 0 Å². The van der Waals surface area contributed by atoms with E-state index in [4.69, 9.17) is 0 Å². The van der Waals surface area contributed by atoms with Crippen LogP contribution in [0.5, 0.6) is 0 Å². The zero-order chi connectivity index (χ0) is 6.53. The number of hydrogen-bond acceptors (Lipinski definition) is 1. The Bertz CT molecular complexity index is 145. The van der Waals surface area contributed by atoms with E-state index >= 15 is 0 Å². The molecule has 0 amide bonds. The highest BCUT2D eigenvalue weighted by atomic mass is 16.1. The smallest absolute Gasteiger partial charge is 0.127 e. The minimum absolute atomic E-state index is 0.128. The first-order valence-electron chi connectivity index (χ1n) is 3.20. The predicted octanol–water partition coefficient (Wildman–Crippen LogP) is 1.71. The van der Waals surface area contributed by atoms with Crippen molar-refractivity contribution in [1.29, 1.82) is 0 Å². The summed E-state index contributed by atoms with van der Waals surface area (Å²) in [6.45, 7) is 0. The fourth-order valence-electron chi connectivity index (χ4n) is 0.861. The third kappa shape index (κ3) is 1.84. The van der Waals surface area contributed by atoms with Crippen LogP contribution in [-0.2, 0) is 4.79 Å². The van der Waals surface area contributed by atoms with E-state index in [0.717, 1.165) is 19.1 Å². The molecule has 0 bridgehead atoms. The average Bonchev–Trinajstić information content (AvgIpc) is 2.13. The van der Waals surface area contributed by atoms with Crippen LogP contribution in [0.2, 0.25) is 0 Å². The zero-order valence-corrected chi connectivity index (χ0v) is 5.29. The van der Waals surface area contributed by atoms with Crippen molar-refractivity contribution in [1.82, 2.24) is 0 Å². The Labute approximate surface area is 55.1 Å². The summed E-state index contributed by atoms with van der Waals surface area (Å²) in [5.74, 6) is 0.128. The van der Waals surface area contributed by atoms with Crippen LogP contribution in [0.4, 0.5) is 0 Å². The largest absolute Gasteiger partial charge is 0.303 e. The minimum atomic E-state index is 0.128. The summed E-state index contributed by atoms with van der Waals surface area (Å²) < 4.78 is 0. The number of carbonyl (C=O) groups excluding carboxylic acids is 1. The molecular weight excluding hydrogens is 112 g/mol.